The number of methoxy groups -OCH3 is 1. The minimum absolute atomic E-state index is 0.0281. The van der Waals surface area contributed by atoms with Crippen LogP contribution < -0.4 is 16.0 Å². The summed E-state index contributed by atoms with van der Waals surface area (Å²) in [5.74, 6) is -14.2. The molecular formula is C105H163N9O29. The molecule has 1 aromatic carbocycles. The molecule has 0 fully saturated rings. The summed E-state index contributed by atoms with van der Waals surface area (Å²) in [7, 11) is 8.72. The first-order valence-electron chi connectivity index (χ1n) is 46.8. The summed E-state index contributed by atoms with van der Waals surface area (Å²) in [6.45, 7) is 63.1. The molecule has 0 radical (unpaired) electrons. The fraction of sp³-hybridized carbons (Fsp3) is 0.600. The maximum Gasteiger partial charge on any atom is 0.417 e. The maximum absolute atomic E-state index is 11.6. The van der Waals surface area contributed by atoms with Crippen LogP contribution in [0.5, 0.6) is 0 Å². The predicted molar refractivity (Wildman–Crippen MR) is 534 cm³/mol. The van der Waals surface area contributed by atoms with Crippen LogP contribution in [0.25, 0.3) is 0 Å². The van der Waals surface area contributed by atoms with Gasteiger partial charge in [0.25, 0.3) is 0 Å². The summed E-state index contributed by atoms with van der Waals surface area (Å²) in [5, 5.41) is 7.50. The molecule has 5 aromatic rings. The standard InChI is InChI=1S/C15H20O4.3C14H20N2O3.C14H19NO4.C13H25NO4.C12H23NO4.C9H16O4/c1-11(15(2,3)4)19-14(17)13(16)18-10-12-8-6-5-7-9-12;1-10(14(2,3)4)19-13(18)12(17)16-9-11-5-7-15-8-6-11;1-10(14(2,3)4)19-13(18)12(17)16-9-11-6-5-7-15-8-11;1-10(14(2,3)4)19-13(18)12(17)16-9-11-7-5-6-8-15-11;1-10(14(2,3)4)19-13(17)12(16)18-9-11-5-7-15-8-6-11;1-10(13(2,3)4)18-12(16)11(15)17-9-7-8-14(5)6;1-9(12(2,3)4)17-11(15)10(14)16-8-7-13(5)6;1-6(9(2,3)4)13-8(11)7(10)12-5/h5-9,11H,10H2,1-4H3;3*5-8,10H,9H2,1-4H3,(H,16,17);5-8,10H,9H2,1-4H3;10H,7-9H2,1-6H3;9H,7-8H2,1-6H3;6H,1-5H3/t11-;5*10-;9-;6-/m11111111/s1. The zero-order valence-electron chi connectivity index (χ0n) is 91.3. The third kappa shape index (κ3) is 65.1. The molecule has 143 heavy (non-hydrogen) atoms. The molecule has 3 amide bonds. The van der Waals surface area contributed by atoms with Crippen molar-refractivity contribution >= 4 is 95.3 Å². The van der Waals surface area contributed by atoms with Gasteiger partial charge in [0.15, 0.2) is 0 Å². The number of benzene rings is 1. The Bertz CT molecular complexity index is 4180. The van der Waals surface area contributed by atoms with Crippen LogP contribution in [0.1, 0.15) is 256 Å². The Morgan fingerprint density at radius 3 is 0.839 bits per heavy atom. The van der Waals surface area contributed by atoms with Crippen LogP contribution in [0.15, 0.2) is 128 Å². The van der Waals surface area contributed by atoms with Crippen LogP contribution >= 0.6 is 0 Å². The molecule has 0 saturated heterocycles. The lowest BCUT2D eigenvalue weighted by Crippen LogP contribution is -2.37. The molecule has 5 rings (SSSR count). The topological polar surface area (TPSA) is 487 Å². The van der Waals surface area contributed by atoms with Crippen LogP contribution in [0.2, 0.25) is 0 Å². The average molecular weight is 2020 g/mol. The summed E-state index contributed by atoms with van der Waals surface area (Å²) in [4.78, 5) is 202. The van der Waals surface area contributed by atoms with E-state index in [-0.39, 0.29) is 138 Å². The van der Waals surface area contributed by atoms with E-state index >= 15 is 0 Å². The summed E-state index contributed by atoms with van der Waals surface area (Å²) < 4.78 is 63.8. The lowest BCUT2D eigenvalue weighted by Gasteiger charge is -2.26. The predicted octanol–water partition coefficient (Wildman–Crippen LogP) is 13.5. The number of amides is 3. The number of aromatic nitrogens is 4. The SMILES string of the molecule is COC(=O)C(=O)O[C@H](C)C(C)(C)C.C[C@@H](OC(=O)C(=O)NCc1ccccn1)C(C)(C)C.C[C@@H](OC(=O)C(=O)NCc1cccnc1)C(C)(C)C.C[C@@H](OC(=O)C(=O)NCc1ccncc1)C(C)(C)C.C[C@@H](OC(=O)C(=O)OCCCN(C)C)C(C)(C)C.C[C@@H](OC(=O)C(=O)OCCN(C)C)C(C)(C)C.C[C@@H](OC(=O)C(=O)OCc1ccccc1)C(C)(C)C.C[C@@H](OC(=O)C(=O)OCc1ccncc1)C(C)(C)C. The van der Waals surface area contributed by atoms with Crippen molar-refractivity contribution in [3.05, 3.63) is 156 Å². The first kappa shape index (κ1) is 134. The van der Waals surface area contributed by atoms with Gasteiger partial charge in [-0.15, -0.1) is 0 Å². The average Bonchev–Trinajstić information content (AvgIpc) is 0.903. The van der Waals surface area contributed by atoms with E-state index in [0.29, 0.717) is 18.7 Å². The van der Waals surface area contributed by atoms with Crippen LogP contribution in [0.3, 0.4) is 0 Å². The molecule has 38 heteroatoms. The van der Waals surface area contributed by atoms with Crippen molar-refractivity contribution in [1.82, 2.24) is 45.7 Å². The minimum Gasteiger partial charge on any atom is -0.461 e. The van der Waals surface area contributed by atoms with Crippen molar-refractivity contribution in [1.29, 1.82) is 0 Å². The van der Waals surface area contributed by atoms with Crippen molar-refractivity contribution in [3.63, 3.8) is 0 Å². The number of hydrogen-bond donors (Lipinski definition) is 3. The number of pyridine rings is 4. The van der Waals surface area contributed by atoms with E-state index in [4.69, 9.17) is 56.8 Å². The normalized spacial score (nSPS) is 12.9. The number of nitrogens with zero attached hydrogens (tertiary/aromatic N) is 6. The second-order valence-corrected chi connectivity index (χ2v) is 42.1. The van der Waals surface area contributed by atoms with E-state index in [0.717, 1.165) is 35.9 Å². The molecule has 4 aromatic heterocycles. The largest absolute Gasteiger partial charge is 0.461 e. The highest BCUT2D eigenvalue weighted by molar-refractivity contribution is 6.34. The van der Waals surface area contributed by atoms with E-state index in [1.165, 1.54) is 0 Å². The molecule has 4 heterocycles. The van der Waals surface area contributed by atoms with Gasteiger partial charge in [0.1, 0.15) is 68.7 Å². The van der Waals surface area contributed by atoms with Gasteiger partial charge in [-0.2, -0.15) is 0 Å². The van der Waals surface area contributed by atoms with Crippen molar-refractivity contribution in [2.24, 2.45) is 43.3 Å². The fourth-order valence-electron chi connectivity index (χ4n) is 7.89. The summed E-state index contributed by atoms with van der Waals surface area (Å²) in [5.41, 5.74) is 2.39. The van der Waals surface area contributed by atoms with Gasteiger partial charge < -0.3 is 87.3 Å². The molecule has 0 bridgehead atoms. The fourth-order valence-corrected chi connectivity index (χ4v) is 7.89. The maximum atomic E-state index is 11.6. The Kier molecular flexibility index (Phi) is 62.2. The number of rotatable bonds is 25. The van der Waals surface area contributed by atoms with Crippen molar-refractivity contribution < 1.29 is 138 Å². The second kappa shape index (κ2) is 66.2. The third-order valence-corrected chi connectivity index (χ3v) is 21.2. The molecule has 0 aliphatic heterocycles. The smallest absolute Gasteiger partial charge is 0.417 e. The number of carbonyl (C=O) groups is 16. The third-order valence-electron chi connectivity index (χ3n) is 21.2. The highest BCUT2D eigenvalue weighted by Gasteiger charge is 2.35. The summed E-state index contributed by atoms with van der Waals surface area (Å²) in [6.07, 6.45) is 9.31. The summed E-state index contributed by atoms with van der Waals surface area (Å²) in [6, 6.07) is 25.1. The molecule has 0 aliphatic carbocycles. The van der Waals surface area contributed by atoms with Crippen LogP contribution in [0, 0.1) is 43.3 Å². The second-order valence-electron chi connectivity index (χ2n) is 42.1. The Labute approximate surface area is 846 Å². The Balaban J connectivity index is -0.00000157. The quantitative estimate of drug-likeness (QED) is 0.0211. The zero-order valence-corrected chi connectivity index (χ0v) is 91.3. The molecule has 0 spiro atoms. The first-order valence-corrected chi connectivity index (χ1v) is 46.8. The number of carbonyl (C=O) groups excluding carboxylic acids is 16. The zero-order chi connectivity index (χ0) is 111. The van der Waals surface area contributed by atoms with Gasteiger partial charge in [-0.1, -0.05) is 209 Å². The Hall–Kier alpha value is -12.7. The lowest BCUT2D eigenvalue weighted by atomic mass is 9.90. The van der Waals surface area contributed by atoms with Crippen LogP contribution in [-0.2, 0) is 171 Å². The molecule has 8 atom stereocenters. The van der Waals surface area contributed by atoms with E-state index in [1.807, 2.05) is 247 Å². The molecule has 3 N–H and O–H groups in total. The number of nitrogens with one attached hydrogen (secondary N) is 3. The Morgan fingerprint density at radius 2 is 0.545 bits per heavy atom. The number of likely N-dealkylation sites (N-methyl/N-ethyl adjacent to an activating group) is 1. The van der Waals surface area contributed by atoms with Gasteiger partial charge in [-0.25, -0.2) is 62.3 Å². The number of esters is 13. The molecular weight excluding hydrogens is 1850 g/mol. The van der Waals surface area contributed by atoms with Gasteiger partial charge in [-0.3, -0.25) is 34.3 Å². The highest BCUT2D eigenvalue weighted by atomic mass is 16.6. The molecule has 802 valence electrons. The van der Waals surface area contributed by atoms with Gasteiger partial charge in [0.05, 0.1) is 26.0 Å². The summed E-state index contributed by atoms with van der Waals surface area (Å²) >= 11 is 0. The molecule has 0 saturated carbocycles. The van der Waals surface area contributed by atoms with Crippen molar-refractivity contribution in [2.75, 3.05) is 61.6 Å². The highest BCUT2D eigenvalue weighted by Crippen LogP contribution is 2.28. The Morgan fingerprint density at radius 1 is 0.273 bits per heavy atom. The molecule has 0 aliphatic rings. The van der Waals surface area contributed by atoms with E-state index in [2.05, 4.69) is 40.6 Å². The van der Waals surface area contributed by atoms with Crippen LogP contribution in [0.4, 0.5) is 0 Å². The van der Waals surface area contributed by atoms with E-state index < -0.39 is 95.3 Å². The van der Waals surface area contributed by atoms with Crippen LogP contribution in [-0.4, -0.2) is 235 Å². The number of hydrogen-bond acceptors (Lipinski definition) is 35. The number of ether oxygens (including phenoxy) is 13. The van der Waals surface area contributed by atoms with E-state index in [1.54, 1.807) is 141 Å². The minimum atomic E-state index is -0.979. The van der Waals surface area contributed by atoms with Gasteiger partial charge >= 0.3 is 95.3 Å². The van der Waals surface area contributed by atoms with Crippen molar-refractivity contribution in [2.45, 2.75) is 310 Å². The lowest BCUT2D eigenvalue weighted by molar-refractivity contribution is -0.174. The van der Waals surface area contributed by atoms with Gasteiger partial charge in [0, 0.05) is 69.6 Å². The van der Waals surface area contributed by atoms with E-state index in [9.17, 15) is 76.7 Å². The monoisotopic (exact) mass is 2010 g/mol. The molecule has 38 nitrogen and oxygen atoms in total. The van der Waals surface area contributed by atoms with Gasteiger partial charge in [0.2, 0.25) is 0 Å². The molecule has 0 unspecified atom stereocenters. The van der Waals surface area contributed by atoms with Crippen molar-refractivity contribution in [3.8, 4) is 0 Å². The first-order chi connectivity index (χ1) is 65.6. The van der Waals surface area contributed by atoms with Gasteiger partial charge in [-0.05, 0) is 198 Å².